The maximum atomic E-state index is 4.88. The molecule has 21 heavy (non-hydrogen) atoms. The molecule has 124 valence electrons. The second-order valence-electron chi connectivity index (χ2n) is 6.46. The van der Waals surface area contributed by atoms with E-state index in [-0.39, 0.29) is 24.0 Å². The van der Waals surface area contributed by atoms with Crippen molar-refractivity contribution in [1.82, 2.24) is 15.1 Å². The summed E-state index contributed by atoms with van der Waals surface area (Å²) in [5, 5.41) is 3.45. The molecule has 2 heterocycles. The largest absolute Gasteiger partial charge is 0.357 e. The first-order valence-corrected chi connectivity index (χ1v) is 8.48. The number of aliphatic imine (C=N–C) groups is 1. The van der Waals surface area contributed by atoms with Gasteiger partial charge in [0.1, 0.15) is 0 Å². The maximum absolute atomic E-state index is 4.88. The van der Waals surface area contributed by atoms with Crippen LogP contribution in [0.1, 0.15) is 46.5 Å². The van der Waals surface area contributed by atoms with E-state index in [2.05, 4.69) is 35.9 Å². The molecule has 0 amide bonds. The highest BCUT2D eigenvalue weighted by atomic mass is 127. The molecule has 2 aliphatic heterocycles. The first-order valence-electron chi connectivity index (χ1n) is 8.48. The van der Waals surface area contributed by atoms with Crippen LogP contribution >= 0.6 is 24.0 Å². The average Bonchev–Trinajstić information content (AvgIpc) is 2.98. The third kappa shape index (κ3) is 5.93. The Morgan fingerprint density at radius 1 is 1.19 bits per heavy atom. The van der Waals surface area contributed by atoms with E-state index in [1.807, 2.05) is 0 Å². The number of rotatable bonds is 4. The van der Waals surface area contributed by atoms with E-state index in [1.165, 1.54) is 51.9 Å². The lowest BCUT2D eigenvalue weighted by molar-refractivity contribution is 0.150. The van der Waals surface area contributed by atoms with Gasteiger partial charge >= 0.3 is 0 Å². The average molecular weight is 408 g/mol. The minimum atomic E-state index is 0. The summed E-state index contributed by atoms with van der Waals surface area (Å²) in [6.45, 7) is 13.6. The zero-order chi connectivity index (χ0) is 14.4. The predicted molar refractivity (Wildman–Crippen MR) is 102 cm³/mol. The van der Waals surface area contributed by atoms with Gasteiger partial charge in [-0.25, -0.2) is 0 Å². The van der Waals surface area contributed by atoms with Crippen molar-refractivity contribution in [3.05, 3.63) is 0 Å². The third-order valence-electron chi connectivity index (χ3n) is 4.69. The van der Waals surface area contributed by atoms with Crippen LogP contribution < -0.4 is 5.32 Å². The topological polar surface area (TPSA) is 30.9 Å². The molecule has 1 atom stereocenters. The zero-order valence-electron chi connectivity index (χ0n) is 14.0. The number of nitrogens with one attached hydrogen (secondary N) is 1. The standard InChI is InChI=1S/C16H32N4.HI/c1-4-17-16(20-9-5-6-10-20)18-13-15(3)19-11-7-14(2)8-12-19;/h14-15H,4-13H2,1-3H3,(H,17,18);1H. The Morgan fingerprint density at radius 3 is 2.38 bits per heavy atom. The zero-order valence-corrected chi connectivity index (χ0v) is 16.3. The van der Waals surface area contributed by atoms with E-state index in [1.54, 1.807) is 0 Å². The van der Waals surface area contributed by atoms with Crippen molar-refractivity contribution in [3.63, 3.8) is 0 Å². The van der Waals surface area contributed by atoms with Crippen LogP contribution in [0.3, 0.4) is 0 Å². The molecule has 1 unspecified atom stereocenters. The van der Waals surface area contributed by atoms with Gasteiger partial charge in [-0.3, -0.25) is 9.89 Å². The molecule has 0 bridgehead atoms. The van der Waals surface area contributed by atoms with E-state index < -0.39 is 0 Å². The molecule has 2 saturated heterocycles. The number of hydrogen-bond acceptors (Lipinski definition) is 2. The van der Waals surface area contributed by atoms with Crippen molar-refractivity contribution >= 4 is 29.9 Å². The molecule has 0 aromatic rings. The molecular weight excluding hydrogens is 375 g/mol. The number of nitrogens with zero attached hydrogens (tertiary/aromatic N) is 3. The summed E-state index contributed by atoms with van der Waals surface area (Å²) in [5.74, 6) is 2.03. The monoisotopic (exact) mass is 408 g/mol. The molecule has 0 radical (unpaired) electrons. The summed E-state index contributed by atoms with van der Waals surface area (Å²) in [6, 6.07) is 0.568. The minimum absolute atomic E-state index is 0. The van der Waals surface area contributed by atoms with Crippen LogP contribution in [0.15, 0.2) is 4.99 Å². The lowest BCUT2D eigenvalue weighted by Crippen LogP contribution is -2.43. The number of halogens is 1. The van der Waals surface area contributed by atoms with Crippen LogP contribution in [0.2, 0.25) is 0 Å². The fourth-order valence-corrected chi connectivity index (χ4v) is 3.16. The predicted octanol–water partition coefficient (Wildman–Crippen LogP) is 2.79. The maximum Gasteiger partial charge on any atom is 0.193 e. The number of likely N-dealkylation sites (tertiary alicyclic amines) is 2. The van der Waals surface area contributed by atoms with E-state index in [0.29, 0.717) is 6.04 Å². The summed E-state index contributed by atoms with van der Waals surface area (Å²) >= 11 is 0. The van der Waals surface area contributed by atoms with Crippen molar-refractivity contribution in [2.24, 2.45) is 10.9 Å². The molecule has 0 aromatic heterocycles. The number of guanidine groups is 1. The second-order valence-corrected chi connectivity index (χ2v) is 6.46. The SMILES string of the molecule is CCNC(=NCC(C)N1CCC(C)CC1)N1CCCC1.I. The molecular formula is C16H33IN4. The van der Waals surface area contributed by atoms with Gasteiger partial charge in [0.25, 0.3) is 0 Å². The molecule has 0 aromatic carbocycles. The summed E-state index contributed by atoms with van der Waals surface area (Å²) in [4.78, 5) is 9.90. The fraction of sp³-hybridized carbons (Fsp3) is 0.938. The quantitative estimate of drug-likeness (QED) is 0.441. The van der Waals surface area contributed by atoms with Crippen LogP contribution in [0, 0.1) is 5.92 Å². The van der Waals surface area contributed by atoms with Crippen LogP contribution in [-0.2, 0) is 0 Å². The molecule has 5 heteroatoms. The first-order chi connectivity index (χ1) is 9.70. The highest BCUT2D eigenvalue weighted by Gasteiger charge is 2.21. The van der Waals surface area contributed by atoms with E-state index in [4.69, 9.17) is 4.99 Å². The van der Waals surface area contributed by atoms with Gasteiger partial charge in [0, 0.05) is 25.7 Å². The van der Waals surface area contributed by atoms with Gasteiger partial charge in [0.15, 0.2) is 5.96 Å². The Labute approximate surface area is 147 Å². The molecule has 0 saturated carbocycles. The highest BCUT2D eigenvalue weighted by Crippen LogP contribution is 2.18. The molecule has 1 N–H and O–H groups in total. The van der Waals surface area contributed by atoms with Gasteiger partial charge in [-0.05, 0) is 58.5 Å². The van der Waals surface area contributed by atoms with Gasteiger partial charge < -0.3 is 10.2 Å². The number of hydrogen-bond donors (Lipinski definition) is 1. The van der Waals surface area contributed by atoms with E-state index in [9.17, 15) is 0 Å². The molecule has 2 fully saturated rings. The smallest absolute Gasteiger partial charge is 0.193 e. The Morgan fingerprint density at radius 2 is 1.81 bits per heavy atom. The van der Waals surface area contributed by atoms with E-state index >= 15 is 0 Å². The van der Waals surface area contributed by atoms with Crippen molar-refractivity contribution < 1.29 is 0 Å². The van der Waals surface area contributed by atoms with Gasteiger partial charge in [-0.1, -0.05) is 6.92 Å². The summed E-state index contributed by atoms with van der Waals surface area (Å²) < 4.78 is 0. The molecule has 4 nitrogen and oxygen atoms in total. The first kappa shape index (κ1) is 19.0. The van der Waals surface area contributed by atoms with Crippen molar-refractivity contribution in [2.75, 3.05) is 39.3 Å². The molecule has 0 spiro atoms. The molecule has 0 aliphatic carbocycles. The van der Waals surface area contributed by atoms with Crippen LogP contribution in [0.25, 0.3) is 0 Å². The summed E-state index contributed by atoms with van der Waals surface area (Å²) in [7, 11) is 0. The van der Waals surface area contributed by atoms with Crippen LogP contribution in [0.4, 0.5) is 0 Å². The minimum Gasteiger partial charge on any atom is -0.357 e. The summed E-state index contributed by atoms with van der Waals surface area (Å²) in [6.07, 6.45) is 5.31. The Bertz CT molecular complexity index is 307. The molecule has 2 aliphatic rings. The lowest BCUT2D eigenvalue weighted by Gasteiger charge is -2.34. The number of piperidine rings is 1. The van der Waals surface area contributed by atoms with Crippen molar-refractivity contribution in [1.29, 1.82) is 0 Å². The highest BCUT2D eigenvalue weighted by molar-refractivity contribution is 14.0. The summed E-state index contributed by atoms with van der Waals surface area (Å²) in [5.41, 5.74) is 0. The third-order valence-corrected chi connectivity index (χ3v) is 4.69. The normalized spacial score (nSPS) is 23.0. The Kier molecular flexibility index (Phi) is 8.94. The van der Waals surface area contributed by atoms with Gasteiger partial charge in [-0.2, -0.15) is 0 Å². The van der Waals surface area contributed by atoms with Crippen molar-refractivity contribution in [2.45, 2.75) is 52.5 Å². The van der Waals surface area contributed by atoms with Gasteiger partial charge in [-0.15, -0.1) is 24.0 Å². The second kappa shape index (κ2) is 9.87. The Balaban J connectivity index is 0.00000220. The van der Waals surface area contributed by atoms with Crippen molar-refractivity contribution in [3.8, 4) is 0 Å². The lowest BCUT2D eigenvalue weighted by atomic mass is 9.98. The fourth-order valence-electron chi connectivity index (χ4n) is 3.16. The van der Waals surface area contributed by atoms with Crippen LogP contribution in [-0.4, -0.2) is 61.1 Å². The van der Waals surface area contributed by atoms with E-state index in [0.717, 1.165) is 25.0 Å². The van der Waals surface area contributed by atoms with Crippen LogP contribution in [0.5, 0.6) is 0 Å². The Hall–Kier alpha value is -0.0400. The molecule has 2 rings (SSSR count). The van der Waals surface area contributed by atoms with Gasteiger partial charge in [0.05, 0.1) is 6.54 Å². The van der Waals surface area contributed by atoms with Gasteiger partial charge in [0.2, 0.25) is 0 Å².